The van der Waals surface area contributed by atoms with Gasteiger partial charge in [0.1, 0.15) is 5.75 Å². The smallest absolute Gasteiger partial charge is 0.173 e. The first-order valence-corrected chi connectivity index (χ1v) is 11.3. The first kappa shape index (κ1) is 23.7. The third-order valence-corrected chi connectivity index (χ3v) is 6.21. The van der Waals surface area contributed by atoms with E-state index in [1.165, 1.54) is 11.3 Å². The Bertz CT molecular complexity index is 1140. The van der Waals surface area contributed by atoms with Crippen LogP contribution in [-0.4, -0.2) is 58.4 Å². The molecule has 34 heavy (non-hydrogen) atoms. The van der Waals surface area contributed by atoms with Crippen LogP contribution in [0.25, 0.3) is 0 Å². The van der Waals surface area contributed by atoms with Crippen molar-refractivity contribution in [1.29, 1.82) is 0 Å². The maximum absolute atomic E-state index is 5.39. The lowest BCUT2D eigenvalue weighted by Gasteiger charge is -2.40. The molecule has 1 fully saturated rings. The van der Waals surface area contributed by atoms with E-state index in [-0.39, 0.29) is 18.4 Å². The SMILES string of the molecule is COc1ccc(C(c2nnnn2Cc2ccccc2)N2CCN(c3ccccc3)CC2)cc1.Cl. The summed E-state index contributed by atoms with van der Waals surface area (Å²) in [6.45, 7) is 4.39. The highest BCUT2D eigenvalue weighted by atomic mass is 35.5. The molecular weight excluding hydrogens is 448 g/mol. The number of ether oxygens (including phenoxy) is 1. The van der Waals surface area contributed by atoms with Gasteiger partial charge in [0.15, 0.2) is 5.82 Å². The summed E-state index contributed by atoms with van der Waals surface area (Å²) in [5.41, 5.74) is 3.61. The van der Waals surface area contributed by atoms with Gasteiger partial charge < -0.3 is 9.64 Å². The second-order valence-electron chi connectivity index (χ2n) is 8.21. The van der Waals surface area contributed by atoms with Crippen LogP contribution in [0.15, 0.2) is 84.9 Å². The van der Waals surface area contributed by atoms with Crippen LogP contribution in [0.3, 0.4) is 0 Å². The van der Waals surface area contributed by atoms with Gasteiger partial charge in [-0.25, -0.2) is 4.68 Å². The number of anilines is 1. The maximum Gasteiger partial charge on any atom is 0.173 e. The van der Waals surface area contributed by atoms with Crippen molar-refractivity contribution in [3.8, 4) is 5.75 Å². The van der Waals surface area contributed by atoms with E-state index < -0.39 is 0 Å². The second-order valence-corrected chi connectivity index (χ2v) is 8.21. The molecule has 1 aromatic heterocycles. The standard InChI is InChI=1S/C26H28N6O.ClH/c1-33-24-14-12-22(13-15-24)25(26-27-28-29-32(26)20-21-8-4-2-5-9-21)31-18-16-30(17-19-31)23-10-6-3-7-11-23;/h2-15,25H,16-20H2,1H3;1H. The molecule has 1 saturated heterocycles. The van der Waals surface area contributed by atoms with Crippen molar-refractivity contribution in [2.75, 3.05) is 38.2 Å². The molecule has 5 rings (SSSR count). The number of aromatic nitrogens is 4. The normalized spacial score (nSPS) is 14.9. The number of hydrogen-bond acceptors (Lipinski definition) is 6. The fourth-order valence-corrected chi connectivity index (χ4v) is 4.46. The van der Waals surface area contributed by atoms with Gasteiger partial charge in [-0.15, -0.1) is 17.5 Å². The summed E-state index contributed by atoms with van der Waals surface area (Å²) in [7, 11) is 1.69. The largest absolute Gasteiger partial charge is 0.497 e. The first-order chi connectivity index (χ1) is 16.3. The minimum Gasteiger partial charge on any atom is -0.497 e. The zero-order valence-electron chi connectivity index (χ0n) is 19.2. The van der Waals surface area contributed by atoms with E-state index in [4.69, 9.17) is 4.74 Å². The van der Waals surface area contributed by atoms with E-state index in [0.29, 0.717) is 6.54 Å². The molecule has 0 N–H and O–H groups in total. The Hall–Kier alpha value is -3.42. The molecule has 1 unspecified atom stereocenters. The van der Waals surface area contributed by atoms with Gasteiger partial charge in [-0.1, -0.05) is 60.7 Å². The molecule has 7 nitrogen and oxygen atoms in total. The predicted molar refractivity (Wildman–Crippen MR) is 136 cm³/mol. The van der Waals surface area contributed by atoms with Crippen LogP contribution in [0.4, 0.5) is 5.69 Å². The van der Waals surface area contributed by atoms with Crippen molar-refractivity contribution < 1.29 is 4.74 Å². The number of nitrogens with zero attached hydrogens (tertiary/aromatic N) is 6. The first-order valence-electron chi connectivity index (χ1n) is 11.3. The molecule has 1 aliphatic rings. The van der Waals surface area contributed by atoms with Gasteiger partial charge in [0.25, 0.3) is 0 Å². The number of piperazine rings is 1. The van der Waals surface area contributed by atoms with Gasteiger partial charge in [0.05, 0.1) is 19.7 Å². The van der Waals surface area contributed by atoms with Crippen LogP contribution in [0.1, 0.15) is 23.0 Å². The molecule has 0 bridgehead atoms. The van der Waals surface area contributed by atoms with Gasteiger partial charge in [0, 0.05) is 31.9 Å². The molecule has 0 aliphatic carbocycles. The summed E-state index contributed by atoms with van der Waals surface area (Å²) in [6, 6.07) is 29.2. The predicted octanol–water partition coefficient (Wildman–Crippen LogP) is 4.06. The van der Waals surface area contributed by atoms with Crippen LogP contribution in [0.2, 0.25) is 0 Å². The number of rotatable bonds is 7. The molecule has 0 amide bonds. The van der Waals surface area contributed by atoms with Crippen molar-refractivity contribution in [2.24, 2.45) is 0 Å². The van der Waals surface area contributed by atoms with Gasteiger partial charge in [-0.2, -0.15) is 0 Å². The lowest BCUT2D eigenvalue weighted by atomic mass is 10.0. The van der Waals surface area contributed by atoms with Crippen LogP contribution in [0, 0.1) is 0 Å². The minimum absolute atomic E-state index is 0. The van der Waals surface area contributed by atoms with E-state index >= 15 is 0 Å². The Morgan fingerprint density at radius 1 is 0.824 bits per heavy atom. The molecule has 0 spiro atoms. The quantitative estimate of drug-likeness (QED) is 0.401. The second kappa shape index (κ2) is 11.1. The molecular formula is C26H29ClN6O. The average Bonchev–Trinajstić information content (AvgIpc) is 3.33. The Kier molecular flexibility index (Phi) is 7.77. The van der Waals surface area contributed by atoms with E-state index in [0.717, 1.165) is 43.3 Å². The molecule has 0 radical (unpaired) electrons. The molecule has 176 valence electrons. The summed E-state index contributed by atoms with van der Waals surface area (Å²) in [4.78, 5) is 4.92. The minimum atomic E-state index is -0.0347. The lowest BCUT2D eigenvalue weighted by molar-refractivity contribution is 0.201. The van der Waals surface area contributed by atoms with Crippen LogP contribution in [-0.2, 0) is 6.54 Å². The molecule has 1 atom stereocenters. The Balaban J connectivity index is 0.00000274. The van der Waals surface area contributed by atoms with E-state index in [9.17, 15) is 0 Å². The number of tetrazole rings is 1. The molecule has 8 heteroatoms. The zero-order valence-corrected chi connectivity index (χ0v) is 20.0. The Morgan fingerprint density at radius 2 is 1.47 bits per heavy atom. The molecule has 4 aromatic rings. The van der Waals surface area contributed by atoms with Gasteiger partial charge in [-0.05, 0) is 45.8 Å². The van der Waals surface area contributed by atoms with E-state index in [2.05, 4.69) is 79.9 Å². The Labute approximate surface area is 206 Å². The zero-order chi connectivity index (χ0) is 22.5. The van der Waals surface area contributed by atoms with Crippen molar-refractivity contribution in [2.45, 2.75) is 12.6 Å². The third kappa shape index (κ3) is 5.21. The third-order valence-electron chi connectivity index (χ3n) is 6.21. The highest BCUT2D eigenvalue weighted by Gasteiger charge is 2.30. The molecule has 2 heterocycles. The van der Waals surface area contributed by atoms with E-state index in [1.54, 1.807) is 7.11 Å². The number of benzene rings is 3. The molecule has 0 saturated carbocycles. The summed E-state index contributed by atoms with van der Waals surface area (Å²) in [5.74, 6) is 1.70. The van der Waals surface area contributed by atoms with Crippen molar-refractivity contribution in [3.05, 3.63) is 102 Å². The Morgan fingerprint density at radius 3 is 2.12 bits per heavy atom. The summed E-state index contributed by atoms with van der Waals surface area (Å²) >= 11 is 0. The van der Waals surface area contributed by atoms with Crippen molar-refractivity contribution in [3.63, 3.8) is 0 Å². The summed E-state index contributed by atoms with van der Waals surface area (Å²) < 4.78 is 7.31. The number of halogens is 1. The van der Waals surface area contributed by atoms with Gasteiger partial charge in [0.2, 0.25) is 0 Å². The van der Waals surface area contributed by atoms with Gasteiger partial charge >= 0.3 is 0 Å². The van der Waals surface area contributed by atoms with Crippen LogP contribution >= 0.6 is 12.4 Å². The summed E-state index contributed by atoms with van der Waals surface area (Å²) in [5, 5.41) is 12.9. The fourth-order valence-electron chi connectivity index (χ4n) is 4.46. The fraction of sp³-hybridized carbons (Fsp3) is 0.269. The maximum atomic E-state index is 5.39. The van der Waals surface area contributed by atoms with Crippen LogP contribution in [0.5, 0.6) is 5.75 Å². The average molecular weight is 477 g/mol. The van der Waals surface area contributed by atoms with Crippen molar-refractivity contribution >= 4 is 18.1 Å². The number of methoxy groups -OCH3 is 1. The van der Waals surface area contributed by atoms with E-state index in [1.807, 2.05) is 35.0 Å². The monoisotopic (exact) mass is 476 g/mol. The lowest BCUT2D eigenvalue weighted by Crippen LogP contribution is -2.48. The number of hydrogen-bond donors (Lipinski definition) is 0. The molecule has 1 aliphatic heterocycles. The highest BCUT2D eigenvalue weighted by molar-refractivity contribution is 5.85. The highest BCUT2D eigenvalue weighted by Crippen LogP contribution is 2.30. The number of para-hydroxylation sites is 1. The van der Waals surface area contributed by atoms with Gasteiger partial charge in [-0.3, -0.25) is 4.90 Å². The van der Waals surface area contributed by atoms with Crippen LogP contribution < -0.4 is 9.64 Å². The topological polar surface area (TPSA) is 59.3 Å². The molecule has 3 aromatic carbocycles. The van der Waals surface area contributed by atoms with Crippen molar-refractivity contribution in [1.82, 2.24) is 25.1 Å². The summed E-state index contributed by atoms with van der Waals surface area (Å²) in [6.07, 6.45) is 0.